The molecule has 1 amide bonds. The van der Waals surface area contributed by atoms with Crippen LogP contribution in [0.5, 0.6) is 5.75 Å². The number of nitrogens with one attached hydrogen (secondary N) is 1. The van der Waals surface area contributed by atoms with E-state index >= 15 is 0 Å². The SMILES string of the molecule is CC(CCCl)NC(=O)c1cccc(O)c1. The maximum absolute atomic E-state index is 11.6. The Balaban J connectivity index is 2.61. The largest absolute Gasteiger partial charge is 0.508 e. The van der Waals surface area contributed by atoms with Crippen LogP contribution in [0, 0.1) is 0 Å². The molecule has 0 aliphatic carbocycles. The zero-order valence-corrected chi connectivity index (χ0v) is 9.29. The molecule has 0 saturated heterocycles. The van der Waals surface area contributed by atoms with Crippen molar-refractivity contribution in [3.8, 4) is 5.75 Å². The lowest BCUT2D eigenvalue weighted by Crippen LogP contribution is -2.32. The molecule has 0 aliphatic rings. The summed E-state index contributed by atoms with van der Waals surface area (Å²) in [5, 5.41) is 12.0. The van der Waals surface area contributed by atoms with E-state index in [0.29, 0.717) is 11.4 Å². The molecule has 15 heavy (non-hydrogen) atoms. The molecule has 1 unspecified atom stereocenters. The van der Waals surface area contributed by atoms with Gasteiger partial charge in [-0.25, -0.2) is 0 Å². The molecule has 0 aliphatic heterocycles. The standard InChI is InChI=1S/C11H14ClNO2/c1-8(5-6-12)13-11(15)9-3-2-4-10(14)7-9/h2-4,7-8,14H,5-6H2,1H3,(H,13,15). The molecule has 0 bridgehead atoms. The van der Waals surface area contributed by atoms with Gasteiger partial charge in [-0.3, -0.25) is 4.79 Å². The van der Waals surface area contributed by atoms with Gasteiger partial charge < -0.3 is 10.4 Å². The summed E-state index contributed by atoms with van der Waals surface area (Å²) >= 11 is 5.56. The van der Waals surface area contributed by atoms with Crippen molar-refractivity contribution in [1.29, 1.82) is 0 Å². The van der Waals surface area contributed by atoms with Crippen LogP contribution in [0.25, 0.3) is 0 Å². The molecule has 0 fully saturated rings. The summed E-state index contributed by atoms with van der Waals surface area (Å²) in [7, 11) is 0. The first-order valence-corrected chi connectivity index (χ1v) is 5.33. The molecule has 4 heteroatoms. The molecule has 1 rings (SSSR count). The topological polar surface area (TPSA) is 49.3 Å². The van der Waals surface area contributed by atoms with Gasteiger partial charge in [0.1, 0.15) is 5.75 Å². The van der Waals surface area contributed by atoms with Gasteiger partial charge in [0.05, 0.1) is 0 Å². The van der Waals surface area contributed by atoms with Crippen molar-refractivity contribution in [3.05, 3.63) is 29.8 Å². The van der Waals surface area contributed by atoms with E-state index in [2.05, 4.69) is 5.32 Å². The van der Waals surface area contributed by atoms with Gasteiger partial charge in [-0.15, -0.1) is 11.6 Å². The summed E-state index contributed by atoms with van der Waals surface area (Å²) in [5.41, 5.74) is 0.455. The van der Waals surface area contributed by atoms with Gasteiger partial charge in [0, 0.05) is 17.5 Å². The highest BCUT2D eigenvalue weighted by atomic mass is 35.5. The van der Waals surface area contributed by atoms with E-state index in [-0.39, 0.29) is 17.7 Å². The highest BCUT2D eigenvalue weighted by Gasteiger charge is 2.09. The average molecular weight is 228 g/mol. The Kier molecular flexibility index (Phi) is 4.43. The third kappa shape index (κ3) is 3.80. The van der Waals surface area contributed by atoms with Crippen LogP contribution in [0.3, 0.4) is 0 Å². The number of hydrogen-bond acceptors (Lipinski definition) is 2. The summed E-state index contributed by atoms with van der Waals surface area (Å²) in [4.78, 5) is 11.6. The number of hydrogen-bond donors (Lipinski definition) is 2. The monoisotopic (exact) mass is 227 g/mol. The number of carbonyl (C=O) groups is 1. The molecule has 0 heterocycles. The smallest absolute Gasteiger partial charge is 0.251 e. The Bertz CT molecular complexity index is 341. The minimum Gasteiger partial charge on any atom is -0.508 e. The lowest BCUT2D eigenvalue weighted by molar-refractivity contribution is 0.0939. The fourth-order valence-electron chi connectivity index (χ4n) is 1.19. The maximum atomic E-state index is 11.6. The van der Waals surface area contributed by atoms with Crippen LogP contribution in [0.1, 0.15) is 23.7 Å². The first-order valence-electron chi connectivity index (χ1n) is 4.79. The molecule has 1 aromatic rings. The van der Waals surface area contributed by atoms with Gasteiger partial charge in [0.2, 0.25) is 0 Å². The van der Waals surface area contributed by atoms with Crippen LogP contribution in [0.15, 0.2) is 24.3 Å². The predicted octanol–water partition coefficient (Wildman–Crippen LogP) is 2.14. The van der Waals surface area contributed by atoms with Crippen LogP contribution in [-0.2, 0) is 0 Å². The van der Waals surface area contributed by atoms with Crippen molar-refractivity contribution in [3.63, 3.8) is 0 Å². The minimum absolute atomic E-state index is 0.0392. The summed E-state index contributed by atoms with van der Waals surface area (Å²) in [6.45, 7) is 1.89. The van der Waals surface area contributed by atoms with Crippen molar-refractivity contribution in [2.45, 2.75) is 19.4 Å². The van der Waals surface area contributed by atoms with Crippen molar-refractivity contribution >= 4 is 17.5 Å². The number of phenolic OH excluding ortho intramolecular Hbond substituents is 1. The lowest BCUT2D eigenvalue weighted by atomic mass is 10.2. The minimum atomic E-state index is -0.191. The molecular formula is C11H14ClNO2. The van der Waals surface area contributed by atoms with Crippen LogP contribution in [-0.4, -0.2) is 22.9 Å². The number of alkyl halides is 1. The Morgan fingerprint density at radius 3 is 2.93 bits per heavy atom. The fourth-order valence-corrected chi connectivity index (χ4v) is 1.52. The van der Waals surface area contributed by atoms with Crippen molar-refractivity contribution < 1.29 is 9.90 Å². The van der Waals surface area contributed by atoms with Crippen LogP contribution in [0.4, 0.5) is 0 Å². The second-order valence-electron chi connectivity index (χ2n) is 3.40. The maximum Gasteiger partial charge on any atom is 0.251 e. The summed E-state index contributed by atoms with van der Waals surface area (Å²) in [6.07, 6.45) is 0.728. The Morgan fingerprint density at radius 2 is 2.33 bits per heavy atom. The van der Waals surface area contributed by atoms with Gasteiger partial charge in [-0.05, 0) is 31.5 Å². The van der Waals surface area contributed by atoms with E-state index in [0.717, 1.165) is 6.42 Å². The van der Waals surface area contributed by atoms with Crippen molar-refractivity contribution in [2.75, 3.05) is 5.88 Å². The molecular weight excluding hydrogens is 214 g/mol. The lowest BCUT2D eigenvalue weighted by Gasteiger charge is -2.12. The quantitative estimate of drug-likeness (QED) is 0.775. The Labute approximate surface area is 94.1 Å². The second-order valence-corrected chi connectivity index (χ2v) is 3.78. The second kappa shape index (κ2) is 5.61. The molecule has 0 spiro atoms. The molecule has 1 atom stereocenters. The molecule has 3 nitrogen and oxygen atoms in total. The van der Waals surface area contributed by atoms with Gasteiger partial charge >= 0.3 is 0 Å². The number of halogens is 1. The third-order valence-electron chi connectivity index (χ3n) is 2.03. The Morgan fingerprint density at radius 1 is 1.60 bits per heavy atom. The zero-order valence-electron chi connectivity index (χ0n) is 8.53. The van der Waals surface area contributed by atoms with Crippen LogP contribution >= 0.6 is 11.6 Å². The van der Waals surface area contributed by atoms with E-state index in [1.807, 2.05) is 6.92 Å². The summed E-state index contributed by atoms with van der Waals surface area (Å²) < 4.78 is 0. The van der Waals surface area contributed by atoms with E-state index < -0.39 is 0 Å². The van der Waals surface area contributed by atoms with E-state index in [1.54, 1.807) is 12.1 Å². The van der Waals surface area contributed by atoms with Gasteiger partial charge in [-0.2, -0.15) is 0 Å². The molecule has 0 aromatic heterocycles. The first kappa shape index (κ1) is 11.9. The molecule has 0 saturated carbocycles. The normalized spacial score (nSPS) is 12.1. The summed E-state index contributed by atoms with van der Waals surface area (Å²) in [6, 6.07) is 6.29. The zero-order chi connectivity index (χ0) is 11.3. The van der Waals surface area contributed by atoms with Crippen LogP contribution in [0.2, 0.25) is 0 Å². The molecule has 1 aromatic carbocycles. The number of carbonyl (C=O) groups excluding carboxylic acids is 1. The van der Waals surface area contributed by atoms with E-state index in [1.165, 1.54) is 12.1 Å². The number of rotatable bonds is 4. The Hall–Kier alpha value is -1.22. The fraction of sp³-hybridized carbons (Fsp3) is 0.364. The van der Waals surface area contributed by atoms with Gasteiger partial charge in [0.15, 0.2) is 0 Å². The van der Waals surface area contributed by atoms with Crippen LogP contribution < -0.4 is 5.32 Å². The van der Waals surface area contributed by atoms with E-state index in [4.69, 9.17) is 11.6 Å². The summed E-state index contributed by atoms with van der Waals surface area (Å²) in [5.74, 6) is 0.415. The highest BCUT2D eigenvalue weighted by Crippen LogP contribution is 2.10. The molecule has 2 N–H and O–H groups in total. The first-order chi connectivity index (χ1) is 7.13. The highest BCUT2D eigenvalue weighted by molar-refractivity contribution is 6.17. The molecule has 0 radical (unpaired) electrons. The van der Waals surface area contributed by atoms with Gasteiger partial charge in [-0.1, -0.05) is 6.07 Å². The van der Waals surface area contributed by atoms with Crippen molar-refractivity contribution in [1.82, 2.24) is 5.32 Å². The molecule has 82 valence electrons. The number of aromatic hydroxyl groups is 1. The van der Waals surface area contributed by atoms with E-state index in [9.17, 15) is 9.90 Å². The number of benzene rings is 1. The average Bonchev–Trinajstić information content (AvgIpc) is 2.18. The number of phenols is 1. The predicted molar refractivity (Wildman–Crippen MR) is 60.4 cm³/mol. The third-order valence-corrected chi connectivity index (χ3v) is 2.25. The van der Waals surface area contributed by atoms with Crippen molar-refractivity contribution in [2.24, 2.45) is 0 Å². The van der Waals surface area contributed by atoms with Gasteiger partial charge in [0.25, 0.3) is 5.91 Å². The number of amides is 1.